The Morgan fingerprint density at radius 3 is 2.53 bits per heavy atom. The number of methoxy groups -OCH3 is 1. The summed E-state index contributed by atoms with van der Waals surface area (Å²) >= 11 is 0. The van der Waals surface area contributed by atoms with Crippen LogP contribution in [-0.2, 0) is 11.2 Å². The minimum absolute atomic E-state index is 0.210. The van der Waals surface area contributed by atoms with E-state index in [2.05, 4.69) is 52.2 Å². The van der Waals surface area contributed by atoms with Crippen LogP contribution in [0.4, 0.5) is 23.0 Å². The maximum absolute atomic E-state index is 14.1. The van der Waals surface area contributed by atoms with Gasteiger partial charge in [0.05, 0.1) is 18.5 Å². The van der Waals surface area contributed by atoms with Gasteiger partial charge in [0, 0.05) is 60.1 Å². The molecule has 0 unspecified atom stereocenters. The Balaban J connectivity index is 1.37. The highest BCUT2D eigenvalue weighted by atomic mass is 16.5. The number of amides is 1. The van der Waals surface area contributed by atoms with E-state index in [0.29, 0.717) is 57.8 Å². The van der Waals surface area contributed by atoms with Gasteiger partial charge >= 0.3 is 0 Å². The molecule has 6 rings (SSSR count). The molecular formula is C37H39N7O3. The quantitative estimate of drug-likeness (QED) is 0.188. The van der Waals surface area contributed by atoms with Crippen molar-refractivity contribution in [2.75, 3.05) is 49.8 Å². The van der Waals surface area contributed by atoms with Crippen molar-refractivity contribution in [1.82, 2.24) is 19.4 Å². The molecule has 3 aromatic carbocycles. The first-order valence-corrected chi connectivity index (χ1v) is 15.7. The number of ether oxygens (including phenoxy) is 1. The van der Waals surface area contributed by atoms with Crippen molar-refractivity contribution in [3.63, 3.8) is 0 Å². The van der Waals surface area contributed by atoms with Gasteiger partial charge in [-0.2, -0.15) is 4.98 Å². The highest BCUT2D eigenvalue weighted by Crippen LogP contribution is 2.33. The van der Waals surface area contributed by atoms with Crippen LogP contribution in [0, 0.1) is 0 Å². The highest BCUT2D eigenvalue weighted by Gasteiger charge is 2.22. The summed E-state index contributed by atoms with van der Waals surface area (Å²) in [4.78, 5) is 40.3. The van der Waals surface area contributed by atoms with Gasteiger partial charge in [-0.15, -0.1) is 0 Å². The van der Waals surface area contributed by atoms with Crippen molar-refractivity contribution in [2.24, 2.45) is 0 Å². The summed E-state index contributed by atoms with van der Waals surface area (Å²) in [6.07, 6.45) is 5.58. The number of piperidine rings is 1. The monoisotopic (exact) mass is 629 g/mol. The minimum Gasteiger partial charge on any atom is -0.494 e. The molecule has 1 amide bonds. The largest absolute Gasteiger partial charge is 0.494 e. The fourth-order valence-corrected chi connectivity index (χ4v) is 6.05. The summed E-state index contributed by atoms with van der Waals surface area (Å²) in [5.41, 5.74) is 4.73. The fraction of sp³-hybridized carbons (Fsp3) is 0.243. The third-order valence-corrected chi connectivity index (χ3v) is 8.60. The molecule has 0 atom stereocenters. The summed E-state index contributed by atoms with van der Waals surface area (Å²) < 4.78 is 7.36. The summed E-state index contributed by atoms with van der Waals surface area (Å²) in [6, 6.07) is 25.5. The Labute approximate surface area is 274 Å². The van der Waals surface area contributed by atoms with Gasteiger partial charge in [0.2, 0.25) is 11.9 Å². The van der Waals surface area contributed by atoms with Gasteiger partial charge in [0.15, 0.2) is 5.65 Å². The number of nitrogens with zero attached hydrogens (tertiary/aromatic N) is 5. The zero-order chi connectivity index (χ0) is 32.9. The van der Waals surface area contributed by atoms with Crippen LogP contribution in [0.5, 0.6) is 5.75 Å². The molecule has 0 spiro atoms. The van der Waals surface area contributed by atoms with Crippen LogP contribution in [0.1, 0.15) is 24.0 Å². The lowest BCUT2D eigenvalue weighted by Crippen LogP contribution is -2.41. The Bertz CT molecular complexity index is 1970. The van der Waals surface area contributed by atoms with Gasteiger partial charge in [-0.05, 0) is 75.0 Å². The van der Waals surface area contributed by atoms with Crippen LogP contribution in [0.2, 0.25) is 0 Å². The maximum Gasteiger partial charge on any atom is 0.260 e. The summed E-state index contributed by atoms with van der Waals surface area (Å²) in [5.74, 6) is 0.640. The number of benzene rings is 3. The number of rotatable bonds is 10. The lowest BCUT2D eigenvalue weighted by Gasteiger charge is -2.36. The number of hydrogen-bond acceptors (Lipinski definition) is 8. The number of anilines is 4. The Morgan fingerprint density at radius 1 is 1.02 bits per heavy atom. The number of carbonyl (C=O) groups is 1. The van der Waals surface area contributed by atoms with E-state index in [4.69, 9.17) is 9.72 Å². The highest BCUT2D eigenvalue weighted by molar-refractivity contribution is 5.99. The Hall–Kier alpha value is -5.48. The number of fused-ring (bicyclic) bond motifs is 1. The third-order valence-electron chi connectivity index (χ3n) is 8.60. The minimum atomic E-state index is -0.344. The first-order valence-electron chi connectivity index (χ1n) is 15.7. The number of carbonyl (C=O) groups excluding carboxylic acids is 1. The number of aromatic nitrogens is 3. The molecule has 10 nitrogen and oxygen atoms in total. The standard InChI is InChI=1S/C37H39N7O3/c1-5-34(45)39-28-12-9-13-31(22-28)44-35-27(21-26(36(44)46)20-25-10-7-6-8-11-25)24-38-37(41-35)40-32-15-14-30(23-33(32)47-4)43-18-16-29(17-19-43)42(2)3/h5-15,21-24,29H,1,16-20H2,2-4H3,(H,39,45)(H,38,40,41). The van der Waals surface area contributed by atoms with Gasteiger partial charge in [-0.3, -0.25) is 14.2 Å². The average Bonchev–Trinajstić information content (AvgIpc) is 3.09. The number of nitrogens with one attached hydrogen (secondary N) is 2. The summed E-state index contributed by atoms with van der Waals surface area (Å²) in [6.45, 7) is 5.50. The lowest BCUT2D eigenvalue weighted by atomic mass is 10.0. The first-order chi connectivity index (χ1) is 22.8. The van der Waals surface area contributed by atoms with Gasteiger partial charge in [-0.1, -0.05) is 43.0 Å². The van der Waals surface area contributed by atoms with E-state index in [1.54, 1.807) is 36.1 Å². The topological polar surface area (TPSA) is 105 Å². The van der Waals surface area contributed by atoms with Crippen molar-refractivity contribution < 1.29 is 9.53 Å². The van der Waals surface area contributed by atoms with Crippen molar-refractivity contribution in [1.29, 1.82) is 0 Å². The molecule has 0 bridgehead atoms. The number of hydrogen-bond donors (Lipinski definition) is 2. The first kappa shape index (κ1) is 31.5. The van der Waals surface area contributed by atoms with Crippen molar-refractivity contribution in [3.05, 3.63) is 119 Å². The lowest BCUT2D eigenvalue weighted by molar-refractivity contribution is -0.111. The van der Waals surface area contributed by atoms with Crippen molar-refractivity contribution in [2.45, 2.75) is 25.3 Å². The molecule has 0 aliphatic carbocycles. The molecule has 1 aliphatic heterocycles. The van der Waals surface area contributed by atoms with Gasteiger partial charge < -0.3 is 25.2 Å². The molecule has 2 aromatic heterocycles. The molecule has 240 valence electrons. The maximum atomic E-state index is 14.1. The molecule has 5 aromatic rings. The van der Waals surface area contributed by atoms with Gasteiger partial charge in [0.1, 0.15) is 5.75 Å². The zero-order valence-electron chi connectivity index (χ0n) is 26.9. The molecule has 0 radical (unpaired) electrons. The normalized spacial score (nSPS) is 13.5. The number of pyridine rings is 1. The van der Waals surface area contributed by atoms with Crippen LogP contribution in [-0.4, -0.2) is 65.7 Å². The third kappa shape index (κ3) is 7.02. The van der Waals surface area contributed by atoms with E-state index in [1.807, 2.05) is 54.6 Å². The van der Waals surface area contributed by atoms with Crippen LogP contribution in [0.15, 0.2) is 103 Å². The van der Waals surface area contributed by atoms with Crippen LogP contribution >= 0.6 is 0 Å². The predicted molar refractivity (Wildman–Crippen MR) is 188 cm³/mol. The van der Waals surface area contributed by atoms with Crippen LogP contribution < -0.4 is 25.8 Å². The van der Waals surface area contributed by atoms with E-state index in [-0.39, 0.29) is 11.5 Å². The van der Waals surface area contributed by atoms with E-state index in [9.17, 15) is 9.59 Å². The van der Waals surface area contributed by atoms with Crippen molar-refractivity contribution in [3.8, 4) is 11.4 Å². The van der Waals surface area contributed by atoms with E-state index in [1.165, 1.54) is 6.08 Å². The smallest absolute Gasteiger partial charge is 0.260 e. The van der Waals surface area contributed by atoms with Crippen LogP contribution in [0.3, 0.4) is 0 Å². The summed E-state index contributed by atoms with van der Waals surface area (Å²) in [7, 11) is 5.93. The molecular weight excluding hydrogens is 590 g/mol. The molecule has 2 N–H and O–H groups in total. The molecule has 1 saturated heterocycles. The van der Waals surface area contributed by atoms with Gasteiger partial charge in [-0.25, -0.2) is 4.98 Å². The van der Waals surface area contributed by atoms with Crippen LogP contribution in [0.25, 0.3) is 16.7 Å². The van der Waals surface area contributed by atoms with Gasteiger partial charge in [0.25, 0.3) is 5.56 Å². The average molecular weight is 630 g/mol. The zero-order valence-corrected chi connectivity index (χ0v) is 26.9. The molecule has 1 fully saturated rings. The second kappa shape index (κ2) is 13.9. The Kier molecular flexibility index (Phi) is 9.30. The van der Waals surface area contributed by atoms with E-state index < -0.39 is 0 Å². The molecule has 1 aliphatic rings. The second-order valence-electron chi connectivity index (χ2n) is 11.9. The fourth-order valence-electron chi connectivity index (χ4n) is 6.05. The van der Waals surface area contributed by atoms with Crippen molar-refractivity contribution >= 4 is 40.0 Å². The molecule has 0 saturated carbocycles. The van der Waals surface area contributed by atoms with E-state index in [0.717, 1.165) is 37.2 Å². The second-order valence-corrected chi connectivity index (χ2v) is 11.9. The molecule has 3 heterocycles. The SMILES string of the molecule is C=CC(=O)Nc1cccc(-n2c(=O)c(Cc3ccccc3)cc3cnc(Nc4ccc(N5CCC(N(C)C)CC5)cc4OC)nc32)c1. The van der Waals surface area contributed by atoms with E-state index >= 15 is 0 Å². The summed E-state index contributed by atoms with van der Waals surface area (Å²) in [5, 5.41) is 6.79. The predicted octanol–water partition coefficient (Wildman–Crippen LogP) is 5.78. The molecule has 10 heteroatoms. The Morgan fingerprint density at radius 2 is 1.81 bits per heavy atom. The molecule has 47 heavy (non-hydrogen) atoms.